The van der Waals surface area contributed by atoms with Crippen molar-refractivity contribution in [3.8, 4) is 0 Å². The first-order valence-corrected chi connectivity index (χ1v) is 7.20. The standard InChI is InChI=1S/C17H17ClF2/c1-2-17(12-18,14-6-4-3-5-7-14)11-13-8-9-15(19)16(20)10-13/h3-10H,2,11-12H2,1H3. The van der Waals surface area contributed by atoms with Crippen LogP contribution in [0.1, 0.15) is 24.5 Å². The minimum absolute atomic E-state index is 0.257. The van der Waals surface area contributed by atoms with Crippen molar-refractivity contribution in [2.45, 2.75) is 25.2 Å². The Hall–Kier alpha value is -1.41. The summed E-state index contributed by atoms with van der Waals surface area (Å²) >= 11 is 6.21. The molecule has 0 N–H and O–H groups in total. The van der Waals surface area contributed by atoms with Crippen LogP contribution in [0.15, 0.2) is 48.5 Å². The lowest BCUT2D eigenvalue weighted by atomic mass is 9.75. The molecule has 0 amide bonds. The predicted molar refractivity (Wildman–Crippen MR) is 79.2 cm³/mol. The third-order valence-electron chi connectivity index (χ3n) is 3.85. The Kier molecular flexibility index (Phi) is 4.77. The van der Waals surface area contributed by atoms with Crippen molar-refractivity contribution >= 4 is 11.6 Å². The Labute approximate surface area is 123 Å². The topological polar surface area (TPSA) is 0 Å². The molecular weight excluding hydrogens is 278 g/mol. The van der Waals surface area contributed by atoms with Gasteiger partial charge in [0.05, 0.1) is 0 Å². The van der Waals surface area contributed by atoms with E-state index >= 15 is 0 Å². The summed E-state index contributed by atoms with van der Waals surface area (Å²) in [6.07, 6.45) is 1.42. The second-order valence-corrected chi connectivity index (χ2v) is 5.33. The fourth-order valence-corrected chi connectivity index (χ4v) is 2.92. The van der Waals surface area contributed by atoms with E-state index in [0.29, 0.717) is 12.3 Å². The van der Waals surface area contributed by atoms with Gasteiger partial charge < -0.3 is 0 Å². The normalized spacial score (nSPS) is 14.0. The first kappa shape index (κ1) is 15.0. The van der Waals surface area contributed by atoms with Gasteiger partial charge in [0.15, 0.2) is 11.6 Å². The van der Waals surface area contributed by atoms with Crippen molar-refractivity contribution < 1.29 is 8.78 Å². The molecule has 0 saturated heterocycles. The van der Waals surface area contributed by atoms with E-state index in [-0.39, 0.29) is 5.41 Å². The molecule has 0 aliphatic rings. The van der Waals surface area contributed by atoms with Crippen LogP contribution in [0.5, 0.6) is 0 Å². The van der Waals surface area contributed by atoms with Gasteiger partial charge in [-0.05, 0) is 36.1 Å². The van der Waals surface area contributed by atoms with Crippen LogP contribution in [-0.2, 0) is 11.8 Å². The highest BCUT2D eigenvalue weighted by molar-refractivity contribution is 6.18. The van der Waals surface area contributed by atoms with Crippen LogP contribution in [0.25, 0.3) is 0 Å². The third kappa shape index (κ3) is 3.01. The summed E-state index contributed by atoms with van der Waals surface area (Å²) in [6.45, 7) is 2.06. The van der Waals surface area contributed by atoms with Crippen molar-refractivity contribution in [3.05, 3.63) is 71.3 Å². The van der Waals surface area contributed by atoms with Gasteiger partial charge in [0.1, 0.15) is 0 Å². The predicted octanol–water partition coefficient (Wildman–Crippen LogP) is 5.09. The summed E-state index contributed by atoms with van der Waals surface area (Å²) in [5.41, 5.74) is 1.63. The maximum atomic E-state index is 13.4. The van der Waals surface area contributed by atoms with Gasteiger partial charge in [0.2, 0.25) is 0 Å². The van der Waals surface area contributed by atoms with Crippen molar-refractivity contribution in [2.24, 2.45) is 0 Å². The molecule has 0 aromatic heterocycles. The molecule has 1 unspecified atom stereocenters. The zero-order valence-corrected chi connectivity index (χ0v) is 12.1. The average Bonchev–Trinajstić information content (AvgIpc) is 2.49. The van der Waals surface area contributed by atoms with E-state index < -0.39 is 11.6 Å². The molecule has 2 rings (SSSR count). The van der Waals surface area contributed by atoms with Gasteiger partial charge in [-0.3, -0.25) is 0 Å². The summed E-state index contributed by atoms with van der Waals surface area (Å²) < 4.78 is 26.4. The van der Waals surface area contributed by atoms with Crippen molar-refractivity contribution in [2.75, 3.05) is 5.88 Å². The van der Waals surface area contributed by atoms with Crippen LogP contribution in [-0.4, -0.2) is 5.88 Å². The Balaban J connectivity index is 2.36. The number of hydrogen-bond acceptors (Lipinski definition) is 0. The molecule has 0 nitrogen and oxygen atoms in total. The minimum Gasteiger partial charge on any atom is -0.204 e. The van der Waals surface area contributed by atoms with E-state index in [4.69, 9.17) is 11.6 Å². The van der Waals surface area contributed by atoms with Crippen LogP contribution in [0.3, 0.4) is 0 Å². The van der Waals surface area contributed by atoms with Gasteiger partial charge in [-0.25, -0.2) is 8.78 Å². The minimum atomic E-state index is -0.818. The molecule has 2 aromatic rings. The second kappa shape index (κ2) is 6.36. The monoisotopic (exact) mass is 294 g/mol. The zero-order chi connectivity index (χ0) is 14.6. The molecule has 20 heavy (non-hydrogen) atoms. The molecule has 1 atom stereocenters. The number of halogens is 3. The molecule has 0 spiro atoms. The van der Waals surface area contributed by atoms with E-state index in [9.17, 15) is 8.78 Å². The molecular formula is C17H17ClF2. The first-order valence-electron chi connectivity index (χ1n) is 6.67. The maximum absolute atomic E-state index is 13.4. The lowest BCUT2D eigenvalue weighted by Gasteiger charge is -2.31. The highest BCUT2D eigenvalue weighted by Crippen LogP contribution is 2.33. The molecule has 2 aromatic carbocycles. The van der Waals surface area contributed by atoms with Gasteiger partial charge in [-0.15, -0.1) is 11.6 Å². The SMILES string of the molecule is CCC(CCl)(Cc1ccc(F)c(F)c1)c1ccccc1. The van der Waals surface area contributed by atoms with Crippen LogP contribution in [0.2, 0.25) is 0 Å². The number of alkyl halides is 1. The number of hydrogen-bond donors (Lipinski definition) is 0. The molecule has 0 bridgehead atoms. The quantitative estimate of drug-likeness (QED) is 0.674. The Bertz CT molecular complexity index is 562. The van der Waals surface area contributed by atoms with Gasteiger partial charge in [-0.2, -0.15) is 0 Å². The summed E-state index contributed by atoms with van der Waals surface area (Å²) in [4.78, 5) is 0. The zero-order valence-electron chi connectivity index (χ0n) is 11.4. The van der Waals surface area contributed by atoms with Gasteiger partial charge >= 0.3 is 0 Å². The van der Waals surface area contributed by atoms with Crippen LogP contribution >= 0.6 is 11.6 Å². The highest BCUT2D eigenvalue weighted by atomic mass is 35.5. The molecule has 0 aliphatic heterocycles. The summed E-state index contributed by atoms with van der Waals surface area (Å²) in [7, 11) is 0. The van der Waals surface area contributed by atoms with E-state index in [2.05, 4.69) is 6.92 Å². The average molecular weight is 295 g/mol. The largest absolute Gasteiger partial charge is 0.204 e. The maximum Gasteiger partial charge on any atom is 0.159 e. The Morgan fingerprint density at radius 1 is 1.00 bits per heavy atom. The van der Waals surface area contributed by atoms with Gasteiger partial charge in [0.25, 0.3) is 0 Å². The molecule has 0 aliphatic carbocycles. The molecule has 106 valence electrons. The molecule has 3 heteroatoms. The lowest BCUT2D eigenvalue weighted by molar-refractivity contribution is 0.453. The summed E-state index contributed by atoms with van der Waals surface area (Å²) in [5, 5.41) is 0. The number of benzene rings is 2. The van der Waals surface area contributed by atoms with Gasteiger partial charge in [0, 0.05) is 11.3 Å². The number of rotatable bonds is 5. The van der Waals surface area contributed by atoms with Crippen LogP contribution in [0, 0.1) is 11.6 Å². The molecule has 0 radical (unpaired) electrons. The van der Waals surface area contributed by atoms with E-state index in [1.807, 2.05) is 30.3 Å². The van der Waals surface area contributed by atoms with Gasteiger partial charge in [-0.1, -0.05) is 43.3 Å². The van der Waals surface area contributed by atoms with Crippen molar-refractivity contribution in [3.63, 3.8) is 0 Å². The first-order chi connectivity index (χ1) is 9.61. The molecule has 0 saturated carbocycles. The van der Waals surface area contributed by atoms with Crippen molar-refractivity contribution in [1.29, 1.82) is 0 Å². The van der Waals surface area contributed by atoms with Crippen molar-refractivity contribution in [1.82, 2.24) is 0 Å². The fourth-order valence-electron chi connectivity index (χ4n) is 2.48. The third-order valence-corrected chi connectivity index (χ3v) is 4.36. The summed E-state index contributed by atoms with van der Waals surface area (Å²) in [6, 6.07) is 14.0. The Morgan fingerprint density at radius 2 is 1.70 bits per heavy atom. The molecule has 0 fully saturated rings. The van der Waals surface area contributed by atoms with E-state index in [1.54, 1.807) is 6.07 Å². The smallest absolute Gasteiger partial charge is 0.159 e. The highest BCUT2D eigenvalue weighted by Gasteiger charge is 2.29. The van der Waals surface area contributed by atoms with Crippen LogP contribution < -0.4 is 0 Å². The fraction of sp³-hybridized carbons (Fsp3) is 0.294. The lowest BCUT2D eigenvalue weighted by Crippen LogP contribution is -2.30. The summed E-state index contributed by atoms with van der Waals surface area (Å²) in [5.74, 6) is -1.19. The van der Waals surface area contributed by atoms with Crippen LogP contribution in [0.4, 0.5) is 8.78 Å². The van der Waals surface area contributed by atoms with E-state index in [1.165, 1.54) is 12.1 Å². The molecule has 0 heterocycles. The Morgan fingerprint density at radius 3 is 2.25 bits per heavy atom. The van der Waals surface area contributed by atoms with E-state index in [0.717, 1.165) is 17.5 Å². The second-order valence-electron chi connectivity index (χ2n) is 5.06.